The minimum absolute atomic E-state index is 0.161. The molecular weight excluding hydrogens is 399 g/mol. The largest absolute Gasteiger partial charge is 0.402 e. The summed E-state index contributed by atoms with van der Waals surface area (Å²) in [5, 5.41) is 2.25. The highest BCUT2D eigenvalue weighted by Crippen LogP contribution is 2.22. The van der Waals surface area contributed by atoms with Crippen LogP contribution < -0.4 is 22.3 Å². The Balaban J connectivity index is 0.000000785. The van der Waals surface area contributed by atoms with Gasteiger partial charge in [0.2, 0.25) is 6.41 Å². The van der Waals surface area contributed by atoms with Gasteiger partial charge >= 0.3 is 0 Å². The fourth-order valence-corrected chi connectivity index (χ4v) is 3.13. The van der Waals surface area contributed by atoms with E-state index in [1.54, 1.807) is 45.2 Å². The molecule has 3 rings (SSSR count). The molecular formula is C22H29FN6O2. The summed E-state index contributed by atoms with van der Waals surface area (Å²) >= 11 is 0. The minimum Gasteiger partial charge on any atom is -0.402 e. The highest BCUT2D eigenvalue weighted by molar-refractivity contribution is 5.75. The van der Waals surface area contributed by atoms with Gasteiger partial charge in [-0.05, 0) is 44.6 Å². The maximum Gasteiger partial charge on any atom is 0.269 e. The zero-order chi connectivity index (χ0) is 23.0. The summed E-state index contributed by atoms with van der Waals surface area (Å²) in [6.07, 6.45) is 6.99. The Hall–Kier alpha value is -3.46. The van der Waals surface area contributed by atoms with Crippen LogP contribution in [0.25, 0.3) is 11.0 Å². The number of aromatic amines is 1. The molecule has 2 heterocycles. The number of nitrogens with zero attached hydrogens (tertiary/aromatic N) is 2. The number of allylic oxidation sites excluding steroid dienone is 4. The number of likely N-dealkylation sites (tertiary alicyclic amines) is 1. The monoisotopic (exact) mass is 428 g/mol. The molecule has 1 fully saturated rings. The summed E-state index contributed by atoms with van der Waals surface area (Å²) in [6, 6.07) is 3.47. The van der Waals surface area contributed by atoms with Gasteiger partial charge in [-0.15, -0.1) is 0 Å². The third kappa shape index (κ3) is 6.78. The van der Waals surface area contributed by atoms with Crippen LogP contribution in [0.1, 0.15) is 24.6 Å². The van der Waals surface area contributed by atoms with Gasteiger partial charge in [-0.1, -0.05) is 11.6 Å². The second-order valence-electron chi connectivity index (χ2n) is 7.33. The summed E-state index contributed by atoms with van der Waals surface area (Å²) in [5.74, 6) is -0.419. The first-order valence-corrected chi connectivity index (χ1v) is 9.85. The Kier molecular flexibility index (Phi) is 8.51. The maximum absolute atomic E-state index is 14.8. The van der Waals surface area contributed by atoms with Crippen molar-refractivity contribution in [2.24, 2.45) is 11.5 Å². The molecule has 0 radical (unpaired) electrons. The lowest BCUT2D eigenvalue weighted by atomic mass is 10.1. The number of hydrogen-bond acceptors (Lipinski definition) is 6. The van der Waals surface area contributed by atoms with Gasteiger partial charge in [0.1, 0.15) is 11.2 Å². The number of H-pyrrole nitrogens is 1. The topological polar surface area (TPSA) is 130 Å². The van der Waals surface area contributed by atoms with Gasteiger partial charge in [0.05, 0.1) is 5.52 Å². The lowest BCUT2D eigenvalue weighted by molar-refractivity contribution is -0.109. The number of aryl methyl sites for hydroxylation is 1. The summed E-state index contributed by atoms with van der Waals surface area (Å²) in [5.41, 5.74) is 15.2. The summed E-state index contributed by atoms with van der Waals surface area (Å²) in [4.78, 5) is 29.7. The SMILES string of the molecule is C/C(N)=C/C=C(N)/C=C1\CCN(Cc2ccc3nc(C)c(=O)[nH]c3c2F)C1.CNC=O. The highest BCUT2D eigenvalue weighted by atomic mass is 19.1. The summed E-state index contributed by atoms with van der Waals surface area (Å²) in [6.45, 7) is 5.41. The predicted octanol–water partition coefficient (Wildman–Crippen LogP) is 1.57. The minimum atomic E-state index is -0.419. The molecule has 0 spiro atoms. The molecule has 31 heavy (non-hydrogen) atoms. The average Bonchev–Trinajstić information content (AvgIpc) is 3.17. The van der Waals surface area contributed by atoms with Crippen LogP contribution in [0.3, 0.4) is 0 Å². The van der Waals surface area contributed by atoms with Crippen molar-refractivity contribution in [2.75, 3.05) is 20.1 Å². The van der Waals surface area contributed by atoms with Crippen LogP contribution in [-0.4, -0.2) is 41.4 Å². The molecule has 0 bridgehead atoms. The van der Waals surface area contributed by atoms with E-state index in [9.17, 15) is 9.18 Å². The van der Waals surface area contributed by atoms with E-state index in [1.165, 1.54) is 5.57 Å². The standard InChI is InChI=1S/C20H24FN5O.C2H5NO/c1-12(22)3-5-16(23)9-14-7-8-26(10-14)11-15-4-6-17-19(18(15)21)25-20(27)13(2)24-17;1-3-2-4/h3-6,9H,7-8,10-11,22-23H2,1-2H3,(H,25,27);2H,1H3,(H,3,4)/b12-3-,14-9+,16-5-;. The molecule has 8 nitrogen and oxygen atoms in total. The molecule has 166 valence electrons. The van der Waals surface area contributed by atoms with Crippen molar-refractivity contribution >= 4 is 17.4 Å². The first-order chi connectivity index (χ1) is 14.7. The van der Waals surface area contributed by atoms with Crippen molar-refractivity contribution < 1.29 is 9.18 Å². The molecule has 6 N–H and O–H groups in total. The van der Waals surface area contributed by atoms with Crippen LogP contribution in [0.4, 0.5) is 4.39 Å². The number of nitrogens with one attached hydrogen (secondary N) is 2. The molecule has 0 atom stereocenters. The zero-order valence-electron chi connectivity index (χ0n) is 18.0. The normalized spacial score (nSPS) is 16.3. The number of carbonyl (C=O) groups is 1. The van der Waals surface area contributed by atoms with E-state index in [-0.39, 0.29) is 11.1 Å². The molecule has 1 aliphatic rings. The van der Waals surface area contributed by atoms with Crippen molar-refractivity contribution in [3.8, 4) is 0 Å². The number of amides is 1. The number of hydrogen-bond donors (Lipinski definition) is 4. The lowest BCUT2D eigenvalue weighted by Crippen LogP contribution is -2.20. The molecule has 0 saturated carbocycles. The van der Waals surface area contributed by atoms with Crippen molar-refractivity contribution in [1.29, 1.82) is 0 Å². The third-order valence-corrected chi connectivity index (χ3v) is 4.65. The first kappa shape index (κ1) is 23.8. The third-order valence-electron chi connectivity index (χ3n) is 4.65. The number of nitrogens with two attached hydrogens (primary N) is 2. The van der Waals surface area contributed by atoms with Crippen molar-refractivity contribution in [2.45, 2.75) is 26.8 Å². The van der Waals surface area contributed by atoms with Crippen LogP contribution in [0, 0.1) is 12.7 Å². The van der Waals surface area contributed by atoms with E-state index in [0.717, 1.165) is 19.5 Å². The van der Waals surface area contributed by atoms with E-state index >= 15 is 0 Å². The molecule has 9 heteroatoms. The van der Waals surface area contributed by atoms with Gasteiger partial charge in [-0.3, -0.25) is 14.5 Å². The quantitative estimate of drug-likeness (QED) is 0.422. The summed E-state index contributed by atoms with van der Waals surface area (Å²) in [7, 11) is 1.56. The van der Waals surface area contributed by atoms with Crippen molar-refractivity contribution in [1.82, 2.24) is 20.2 Å². The van der Waals surface area contributed by atoms with Crippen LogP contribution in [0.15, 0.2) is 52.1 Å². The van der Waals surface area contributed by atoms with Gasteiger partial charge in [0, 0.05) is 43.6 Å². The van der Waals surface area contributed by atoms with Gasteiger partial charge in [0.15, 0.2) is 5.82 Å². The van der Waals surface area contributed by atoms with Crippen LogP contribution in [-0.2, 0) is 11.3 Å². The van der Waals surface area contributed by atoms with Crippen LogP contribution in [0.2, 0.25) is 0 Å². The Bertz CT molecular complexity index is 1080. The van der Waals surface area contributed by atoms with Crippen LogP contribution in [0.5, 0.6) is 0 Å². The second-order valence-corrected chi connectivity index (χ2v) is 7.33. The number of carbonyl (C=O) groups excluding carboxylic acids is 1. The predicted molar refractivity (Wildman–Crippen MR) is 120 cm³/mol. The lowest BCUT2D eigenvalue weighted by Gasteiger charge is -2.15. The van der Waals surface area contributed by atoms with E-state index < -0.39 is 5.82 Å². The molecule has 1 aromatic carbocycles. The fraction of sp³-hybridized carbons (Fsp3) is 0.318. The smallest absolute Gasteiger partial charge is 0.269 e. The Morgan fingerprint density at radius 2 is 2.06 bits per heavy atom. The highest BCUT2D eigenvalue weighted by Gasteiger charge is 2.19. The Morgan fingerprint density at radius 3 is 2.71 bits per heavy atom. The van der Waals surface area contributed by atoms with Gasteiger partial charge in [0.25, 0.3) is 5.56 Å². The number of fused-ring (bicyclic) bond motifs is 1. The fourth-order valence-electron chi connectivity index (χ4n) is 3.13. The van der Waals surface area contributed by atoms with Gasteiger partial charge in [-0.2, -0.15) is 0 Å². The molecule has 0 aliphatic carbocycles. The molecule has 1 amide bonds. The number of rotatable bonds is 5. The Labute approximate surface area is 180 Å². The van der Waals surface area contributed by atoms with Crippen LogP contribution >= 0.6 is 0 Å². The van der Waals surface area contributed by atoms with E-state index in [4.69, 9.17) is 16.3 Å². The van der Waals surface area contributed by atoms with Gasteiger partial charge in [-0.25, -0.2) is 9.37 Å². The molecule has 1 aliphatic heterocycles. The molecule has 2 aromatic rings. The maximum atomic E-state index is 14.8. The molecule has 0 unspecified atom stereocenters. The first-order valence-electron chi connectivity index (χ1n) is 9.85. The van der Waals surface area contributed by atoms with Crippen molar-refractivity contribution in [3.05, 3.63) is 74.8 Å². The molecule has 1 saturated heterocycles. The van der Waals surface area contributed by atoms with E-state index in [0.29, 0.717) is 41.1 Å². The zero-order valence-corrected chi connectivity index (χ0v) is 18.0. The van der Waals surface area contributed by atoms with E-state index in [2.05, 4.69) is 20.2 Å². The average molecular weight is 429 g/mol. The van der Waals surface area contributed by atoms with Gasteiger partial charge < -0.3 is 21.8 Å². The van der Waals surface area contributed by atoms with Crippen molar-refractivity contribution in [3.63, 3.8) is 0 Å². The Morgan fingerprint density at radius 1 is 1.35 bits per heavy atom. The number of benzene rings is 1. The number of aromatic nitrogens is 2. The number of halogens is 1. The second kappa shape index (κ2) is 11.1. The summed E-state index contributed by atoms with van der Waals surface area (Å²) < 4.78 is 14.8. The molecule has 1 aromatic heterocycles. The van der Waals surface area contributed by atoms with E-state index in [1.807, 2.05) is 6.08 Å².